The van der Waals surface area contributed by atoms with E-state index in [0.717, 1.165) is 0 Å². The molecule has 3 heterocycles. The lowest BCUT2D eigenvalue weighted by Gasteiger charge is -2.10. The van der Waals surface area contributed by atoms with E-state index >= 15 is 0 Å². The third kappa shape index (κ3) is 5.04. The normalized spacial score (nSPS) is 10.5. The summed E-state index contributed by atoms with van der Waals surface area (Å²) in [5, 5.41) is 3.08. The summed E-state index contributed by atoms with van der Waals surface area (Å²) in [4.78, 5) is 29.0. The van der Waals surface area contributed by atoms with E-state index < -0.39 is 5.82 Å². The van der Waals surface area contributed by atoms with Crippen LogP contribution < -0.4 is 14.8 Å². The van der Waals surface area contributed by atoms with E-state index in [2.05, 4.69) is 25.3 Å². The number of aryl methyl sites for hydroxylation is 1. The number of nitrogens with zero attached hydrogens (tertiary/aromatic N) is 4. The van der Waals surface area contributed by atoms with Gasteiger partial charge in [0.2, 0.25) is 5.88 Å². The molecule has 0 spiro atoms. The van der Waals surface area contributed by atoms with E-state index in [1.807, 2.05) is 0 Å². The van der Waals surface area contributed by atoms with Crippen LogP contribution >= 0.6 is 11.6 Å². The molecule has 0 saturated heterocycles. The first-order chi connectivity index (χ1) is 15.9. The first kappa shape index (κ1) is 22.1. The molecular formula is C23H17ClFN5O3. The largest absolute Gasteiger partial charge is 0.481 e. The number of ether oxygens (including phenoxy) is 2. The molecule has 0 aliphatic carbocycles. The number of amides is 1. The van der Waals surface area contributed by atoms with Crippen LogP contribution in [0.3, 0.4) is 0 Å². The number of benzene rings is 1. The van der Waals surface area contributed by atoms with E-state index in [4.69, 9.17) is 21.1 Å². The molecule has 1 amide bonds. The Bertz CT molecular complexity index is 1320. The summed E-state index contributed by atoms with van der Waals surface area (Å²) in [5.41, 5.74) is 2.05. The van der Waals surface area contributed by atoms with Crippen molar-refractivity contribution in [2.24, 2.45) is 0 Å². The quantitative estimate of drug-likeness (QED) is 0.423. The van der Waals surface area contributed by atoms with Crippen LogP contribution in [0.2, 0.25) is 5.02 Å². The summed E-state index contributed by atoms with van der Waals surface area (Å²) in [5.74, 6) is -0.126. The van der Waals surface area contributed by atoms with Gasteiger partial charge in [-0.25, -0.2) is 19.3 Å². The van der Waals surface area contributed by atoms with Crippen LogP contribution in [-0.2, 0) is 0 Å². The molecule has 166 valence electrons. The Morgan fingerprint density at radius 3 is 2.61 bits per heavy atom. The summed E-state index contributed by atoms with van der Waals surface area (Å²) >= 11 is 6.31. The molecule has 3 aromatic heterocycles. The van der Waals surface area contributed by atoms with Crippen molar-refractivity contribution in [1.29, 1.82) is 0 Å². The summed E-state index contributed by atoms with van der Waals surface area (Å²) in [6.45, 7) is 1.78. The number of carbonyl (C=O) groups is 1. The van der Waals surface area contributed by atoms with Crippen molar-refractivity contribution in [3.05, 3.63) is 83.2 Å². The summed E-state index contributed by atoms with van der Waals surface area (Å²) in [6, 6.07) is 9.18. The molecule has 0 bridgehead atoms. The molecule has 1 N–H and O–H groups in total. The lowest BCUT2D eigenvalue weighted by molar-refractivity contribution is 0.102. The van der Waals surface area contributed by atoms with E-state index in [-0.39, 0.29) is 17.6 Å². The third-order valence-electron chi connectivity index (χ3n) is 4.59. The van der Waals surface area contributed by atoms with Crippen molar-refractivity contribution >= 4 is 23.3 Å². The van der Waals surface area contributed by atoms with Crippen molar-refractivity contribution in [3.63, 3.8) is 0 Å². The number of carbonyl (C=O) groups excluding carboxylic acids is 1. The third-order valence-corrected chi connectivity index (χ3v) is 4.92. The molecule has 1 aromatic carbocycles. The minimum Gasteiger partial charge on any atom is -0.481 e. The van der Waals surface area contributed by atoms with Crippen molar-refractivity contribution in [2.45, 2.75) is 6.92 Å². The van der Waals surface area contributed by atoms with Crippen molar-refractivity contribution < 1.29 is 18.7 Å². The Kier molecular flexibility index (Phi) is 6.41. The van der Waals surface area contributed by atoms with Gasteiger partial charge in [-0.2, -0.15) is 0 Å². The molecule has 33 heavy (non-hydrogen) atoms. The van der Waals surface area contributed by atoms with Crippen LogP contribution in [0.5, 0.6) is 17.5 Å². The Morgan fingerprint density at radius 2 is 1.91 bits per heavy atom. The maximum Gasteiger partial charge on any atom is 0.258 e. The zero-order chi connectivity index (χ0) is 23.4. The molecule has 0 aliphatic heterocycles. The molecule has 4 rings (SSSR count). The SMILES string of the molecule is COc1cc(C)c(C(=O)Nc2cnc(-c3cc(Oc4ncccc4F)ccc3Cl)cn2)cn1. The van der Waals surface area contributed by atoms with Gasteiger partial charge in [-0.3, -0.25) is 9.78 Å². The molecule has 10 heteroatoms. The minimum absolute atomic E-state index is 0.154. The zero-order valence-corrected chi connectivity index (χ0v) is 18.3. The van der Waals surface area contributed by atoms with Gasteiger partial charge in [-0.05, 0) is 42.8 Å². The second kappa shape index (κ2) is 9.58. The van der Waals surface area contributed by atoms with E-state index in [9.17, 15) is 9.18 Å². The maximum atomic E-state index is 13.8. The second-order valence-electron chi connectivity index (χ2n) is 6.82. The van der Waals surface area contributed by atoms with E-state index in [1.165, 1.54) is 44.0 Å². The predicted molar refractivity (Wildman–Crippen MR) is 120 cm³/mol. The van der Waals surface area contributed by atoms with Gasteiger partial charge in [-0.15, -0.1) is 0 Å². The Balaban J connectivity index is 1.52. The number of rotatable bonds is 6. The van der Waals surface area contributed by atoms with Crippen LogP contribution in [0.1, 0.15) is 15.9 Å². The second-order valence-corrected chi connectivity index (χ2v) is 7.22. The van der Waals surface area contributed by atoms with Gasteiger partial charge in [-0.1, -0.05) is 11.6 Å². The Hall–Kier alpha value is -4.11. The molecule has 0 saturated carbocycles. The monoisotopic (exact) mass is 465 g/mol. The number of anilines is 1. The summed E-state index contributed by atoms with van der Waals surface area (Å²) in [6.07, 6.45) is 5.72. The number of hydrogen-bond donors (Lipinski definition) is 1. The topological polar surface area (TPSA) is 99.1 Å². The van der Waals surface area contributed by atoms with E-state index in [0.29, 0.717) is 39.0 Å². The van der Waals surface area contributed by atoms with Gasteiger partial charge in [0, 0.05) is 24.0 Å². The highest BCUT2D eigenvalue weighted by Crippen LogP contribution is 2.32. The van der Waals surface area contributed by atoms with Crippen molar-refractivity contribution in [3.8, 4) is 28.8 Å². The van der Waals surface area contributed by atoms with Crippen molar-refractivity contribution in [1.82, 2.24) is 19.9 Å². The molecule has 8 nitrogen and oxygen atoms in total. The number of hydrogen-bond acceptors (Lipinski definition) is 7. The first-order valence-corrected chi connectivity index (χ1v) is 10.0. The number of aromatic nitrogens is 4. The smallest absolute Gasteiger partial charge is 0.258 e. The van der Waals surface area contributed by atoms with E-state index in [1.54, 1.807) is 31.2 Å². The number of nitrogens with one attached hydrogen (secondary N) is 1. The lowest BCUT2D eigenvalue weighted by atomic mass is 10.1. The molecule has 0 atom stereocenters. The fraction of sp³-hybridized carbons (Fsp3) is 0.0870. The molecular weight excluding hydrogens is 449 g/mol. The van der Waals surface area contributed by atoms with Gasteiger partial charge in [0.25, 0.3) is 11.8 Å². The number of halogens is 2. The van der Waals surface area contributed by atoms with Gasteiger partial charge in [0.1, 0.15) is 5.75 Å². The van der Waals surface area contributed by atoms with Crippen LogP contribution in [0.25, 0.3) is 11.3 Å². The first-order valence-electron chi connectivity index (χ1n) is 9.67. The summed E-state index contributed by atoms with van der Waals surface area (Å²) < 4.78 is 24.4. The molecule has 0 radical (unpaired) electrons. The van der Waals surface area contributed by atoms with Crippen LogP contribution in [0.4, 0.5) is 10.2 Å². The fourth-order valence-electron chi connectivity index (χ4n) is 2.92. The highest BCUT2D eigenvalue weighted by Gasteiger charge is 2.14. The number of methoxy groups -OCH3 is 1. The molecule has 0 unspecified atom stereocenters. The lowest BCUT2D eigenvalue weighted by Crippen LogP contribution is -2.15. The molecule has 4 aromatic rings. The molecule has 0 fully saturated rings. The van der Waals surface area contributed by atoms with Crippen LogP contribution in [0, 0.1) is 12.7 Å². The van der Waals surface area contributed by atoms with Gasteiger partial charge in [0.15, 0.2) is 11.6 Å². The minimum atomic E-state index is -0.587. The maximum absolute atomic E-state index is 13.8. The highest BCUT2D eigenvalue weighted by molar-refractivity contribution is 6.33. The molecule has 0 aliphatic rings. The van der Waals surface area contributed by atoms with Crippen LogP contribution in [-0.4, -0.2) is 33.0 Å². The van der Waals surface area contributed by atoms with Crippen molar-refractivity contribution in [2.75, 3.05) is 12.4 Å². The predicted octanol–water partition coefficient (Wildman–Crippen LogP) is 5.09. The standard InChI is InChI=1S/C23H17ClFN5O3/c1-13-8-21(32-2)29-10-16(13)22(31)30-20-12-27-19(11-28-20)15-9-14(5-6-17(15)24)33-23-18(25)4-3-7-26-23/h3-12H,1-2H3,(H,28,30,31). The van der Waals surface area contributed by atoms with Crippen LogP contribution in [0.15, 0.2) is 61.2 Å². The zero-order valence-electron chi connectivity index (χ0n) is 17.5. The summed E-state index contributed by atoms with van der Waals surface area (Å²) in [7, 11) is 1.50. The fourth-order valence-corrected chi connectivity index (χ4v) is 3.13. The average molecular weight is 466 g/mol. The van der Waals surface area contributed by atoms with Gasteiger partial charge in [0.05, 0.1) is 35.8 Å². The van der Waals surface area contributed by atoms with Gasteiger partial charge >= 0.3 is 0 Å². The van der Waals surface area contributed by atoms with Gasteiger partial charge < -0.3 is 14.8 Å². The number of pyridine rings is 2. The Labute approximate surface area is 193 Å². The highest BCUT2D eigenvalue weighted by atomic mass is 35.5. The average Bonchev–Trinajstić information content (AvgIpc) is 2.82. The Morgan fingerprint density at radius 1 is 1.06 bits per heavy atom.